The summed E-state index contributed by atoms with van der Waals surface area (Å²) in [6.07, 6.45) is 4.44. The highest BCUT2D eigenvalue weighted by atomic mass is 19.2. The summed E-state index contributed by atoms with van der Waals surface area (Å²) in [7, 11) is 0. The average molecular weight is 269 g/mol. The molecule has 0 saturated carbocycles. The van der Waals surface area contributed by atoms with Crippen molar-refractivity contribution in [1.82, 2.24) is 5.32 Å². The number of benzene rings is 1. The van der Waals surface area contributed by atoms with E-state index in [1.54, 1.807) is 0 Å². The zero-order valence-corrected chi connectivity index (χ0v) is 11.2. The van der Waals surface area contributed by atoms with Crippen LogP contribution >= 0.6 is 0 Å². The number of nitrogens with one attached hydrogen (secondary N) is 1. The van der Waals surface area contributed by atoms with E-state index in [2.05, 4.69) is 12.2 Å². The molecule has 0 aliphatic carbocycles. The summed E-state index contributed by atoms with van der Waals surface area (Å²) < 4.78 is 26.1. The molecular weight excluding hydrogens is 248 g/mol. The molecule has 2 rings (SSSR count). The molecule has 1 aromatic carbocycles. The van der Waals surface area contributed by atoms with Crippen molar-refractivity contribution in [1.29, 1.82) is 0 Å². The first kappa shape index (κ1) is 14.4. The van der Waals surface area contributed by atoms with Gasteiger partial charge in [0, 0.05) is 12.1 Å². The minimum absolute atomic E-state index is 0.0739. The fraction of sp³-hybridized carbons (Fsp3) is 0.600. The lowest BCUT2D eigenvalue weighted by Gasteiger charge is -2.34. The molecule has 2 N–H and O–H groups in total. The normalized spacial score (nSPS) is 25.3. The third-order valence-electron chi connectivity index (χ3n) is 3.82. The number of hydrogen-bond acceptors (Lipinski definition) is 2. The predicted molar refractivity (Wildman–Crippen MR) is 70.8 cm³/mol. The molecule has 0 radical (unpaired) electrons. The molecule has 1 aliphatic heterocycles. The van der Waals surface area contributed by atoms with E-state index >= 15 is 0 Å². The highest BCUT2D eigenvalue weighted by Crippen LogP contribution is 2.26. The number of aliphatic hydroxyl groups excluding tert-OH is 1. The monoisotopic (exact) mass is 269 g/mol. The Morgan fingerprint density at radius 2 is 2.11 bits per heavy atom. The molecule has 1 aliphatic rings. The van der Waals surface area contributed by atoms with Crippen molar-refractivity contribution in [2.24, 2.45) is 0 Å². The van der Waals surface area contributed by atoms with Crippen LogP contribution in [0.1, 0.15) is 50.7 Å². The third-order valence-corrected chi connectivity index (χ3v) is 3.82. The minimum Gasteiger partial charge on any atom is -0.387 e. The van der Waals surface area contributed by atoms with Gasteiger partial charge in [-0.3, -0.25) is 0 Å². The van der Waals surface area contributed by atoms with E-state index in [-0.39, 0.29) is 6.04 Å². The van der Waals surface area contributed by atoms with Gasteiger partial charge >= 0.3 is 0 Å². The minimum atomic E-state index is -0.905. The maximum atomic E-state index is 13.2. The van der Waals surface area contributed by atoms with Crippen molar-refractivity contribution < 1.29 is 13.9 Å². The van der Waals surface area contributed by atoms with Crippen molar-refractivity contribution in [2.45, 2.75) is 57.2 Å². The SMILES string of the molecule is CCC[C@H]1CCC[C@H](C(O)c2ccc(F)c(F)c2)N1. The van der Waals surface area contributed by atoms with Gasteiger partial charge in [-0.2, -0.15) is 0 Å². The van der Waals surface area contributed by atoms with Crippen LogP contribution < -0.4 is 5.32 Å². The van der Waals surface area contributed by atoms with Gasteiger partial charge in [-0.1, -0.05) is 25.8 Å². The summed E-state index contributed by atoms with van der Waals surface area (Å²) in [4.78, 5) is 0. The van der Waals surface area contributed by atoms with E-state index in [4.69, 9.17) is 0 Å². The molecule has 0 bridgehead atoms. The van der Waals surface area contributed by atoms with Crippen LogP contribution in [0.3, 0.4) is 0 Å². The Morgan fingerprint density at radius 1 is 1.32 bits per heavy atom. The summed E-state index contributed by atoms with van der Waals surface area (Å²) >= 11 is 0. The Balaban J connectivity index is 2.05. The molecule has 0 aromatic heterocycles. The number of hydrogen-bond donors (Lipinski definition) is 2. The Morgan fingerprint density at radius 3 is 2.79 bits per heavy atom. The molecule has 0 amide bonds. The first-order valence-corrected chi connectivity index (χ1v) is 7.01. The highest BCUT2D eigenvalue weighted by molar-refractivity contribution is 5.21. The second-order valence-corrected chi connectivity index (χ2v) is 5.31. The standard InChI is InChI=1S/C15H21F2NO/c1-2-4-11-5-3-6-14(18-11)15(19)10-7-8-12(16)13(17)9-10/h7-9,11,14-15,18-19H,2-6H2,1H3/t11-,14+,15?/m0/s1. The number of rotatable bonds is 4. The zero-order valence-electron chi connectivity index (χ0n) is 11.2. The van der Waals surface area contributed by atoms with Crippen molar-refractivity contribution in [2.75, 3.05) is 0 Å². The lowest BCUT2D eigenvalue weighted by atomic mass is 9.90. The van der Waals surface area contributed by atoms with Crippen LogP contribution in [0.4, 0.5) is 8.78 Å². The Labute approximate surface area is 112 Å². The smallest absolute Gasteiger partial charge is 0.159 e. The lowest BCUT2D eigenvalue weighted by molar-refractivity contribution is 0.0994. The summed E-state index contributed by atoms with van der Waals surface area (Å²) in [5.74, 6) is -1.78. The van der Waals surface area contributed by atoms with Gasteiger partial charge < -0.3 is 10.4 Å². The highest BCUT2D eigenvalue weighted by Gasteiger charge is 2.27. The van der Waals surface area contributed by atoms with Crippen molar-refractivity contribution in [3.8, 4) is 0 Å². The Hall–Kier alpha value is -1.00. The predicted octanol–water partition coefficient (Wildman–Crippen LogP) is 3.31. The van der Waals surface area contributed by atoms with Gasteiger partial charge in [-0.25, -0.2) is 8.78 Å². The summed E-state index contributed by atoms with van der Waals surface area (Å²) in [5.41, 5.74) is 0.438. The van der Waals surface area contributed by atoms with Crippen molar-refractivity contribution >= 4 is 0 Å². The third kappa shape index (κ3) is 3.51. The van der Waals surface area contributed by atoms with Crippen LogP contribution in [0.25, 0.3) is 0 Å². The maximum Gasteiger partial charge on any atom is 0.159 e. The van der Waals surface area contributed by atoms with Gasteiger partial charge in [-0.05, 0) is 37.0 Å². The average Bonchev–Trinajstić information content (AvgIpc) is 2.42. The van der Waals surface area contributed by atoms with Crippen LogP contribution in [0.15, 0.2) is 18.2 Å². The van der Waals surface area contributed by atoms with Crippen LogP contribution in [0.5, 0.6) is 0 Å². The topological polar surface area (TPSA) is 32.3 Å². The van der Waals surface area contributed by atoms with Gasteiger partial charge in [0.05, 0.1) is 6.10 Å². The molecule has 0 spiro atoms. The van der Waals surface area contributed by atoms with E-state index in [0.717, 1.165) is 44.2 Å². The van der Waals surface area contributed by atoms with Crippen LogP contribution in [0.2, 0.25) is 0 Å². The molecule has 3 atom stereocenters. The Bertz CT molecular complexity index is 423. The molecule has 106 valence electrons. The first-order chi connectivity index (χ1) is 9.11. The van der Waals surface area contributed by atoms with E-state index < -0.39 is 17.7 Å². The second-order valence-electron chi connectivity index (χ2n) is 5.31. The number of piperidine rings is 1. The Kier molecular flexibility index (Phi) is 4.88. The van der Waals surface area contributed by atoms with E-state index in [1.807, 2.05) is 0 Å². The molecular formula is C15H21F2NO. The van der Waals surface area contributed by atoms with Gasteiger partial charge in [0.15, 0.2) is 11.6 Å². The fourth-order valence-corrected chi connectivity index (χ4v) is 2.81. The molecule has 2 nitrogen and oxygen atoms in total. The van der Waals surface area contributed by atoms with E-state index in [9.17, 15) is 13.9 Å². The second kappa shape index (κ2) is 6.44. The van der Waals surface area contributed by atoms with Crippen LogP contribution in [0, 0.1) is 11.6 Å². The number of aliphatic hydroxyl groups is 1. The fourth-order valence-electron chi connectivity index (χ4n) is 2.81. The van der Waals surface area contributed by atoms with Gasteiger partial charge in [0.2, 0.25) is 0 Å². The molecule has 1 heterocycles. The largest absolute Gasteiger partial charge is 0.387 e. The molecule has 1 aromatic rings. The van der Waals surface area contributed by atoms with Gasteiger partial charge in [-0.15, -0.1) is 0 Å². The molecule has 1 unspecified atom stereocenters. The van der Waals surface area contributed by atoms with Crippen molar-refractivity contribution in [3.05, 3.63) is 35.4 Å². The summed E-state index contributed by atoms with van der Waals surface area (Å²) in [5, 5.41) is 13.7. The van der Waals surface area contributed by atoms with Crippen molar-refractivity contribution in [3.63, 3.8) is 0 Å². The quantitative estimate of drug-likeness (QED) is 0.879. The molecule has 1 saturated heterocycles. The van der Waals surface area contributed by atoms with Crippen LogP contribution in [-0.4, -0.2) is 17.2 Å². The maximum absolute atomic E-state index is 13.2. The number of halogens is 2. The summed E-state index contributed by atoms with van der Waals surface area (Å²) in [6, 6.07) is 3.96. The van der Waals surface area contributed by atoms with Crippen LogP contribution in [-0.2, 0) is 0 Å². The van der Waals surface area contributed by atoms with E-state index in [0.29, 0.717) is 11.6 Å². The van der Waals surface area contributed by atoms with E-state index in [1.165, 1.54) is 6.07 Å². The first-order valence-electron chi connectivity index (χ1n) is 7.01. The van der Waals surface area contributed by atoms with Gasteiger partial charge in [0.1, 0.15) is 0 Å². The summed E-state index contributed by atoms with van der Waals surface area (Å²) in [6.45, 7) is 2.14. The lowest BCUT2D eigenvalue weighted by Crippen LogP contribution is -2.45. The van der Waals surface area contributed by atoms with Gasteiger partial charge in [0.25, 0.3) is 0 Å². The molecule has 1 fully saturated rings. The molecule has 4 heteroatoms. The molecule has 19 heavy (non-hydrogen) atoms. The zero-order chi connectivity index (χ0) is 13.8.